The molecule has 0 amide bonds. The van der Waals surface area contributed by atoms with Crippen LogP contribution in [0.15, 0.2) is 12.1 Å². The molecule has 0 aliphatic heterocycles. The first kappa shape index (κ1) is 13.4. The molecule has 0 aliphatic carbocycles. The van der Waals surface area contributed by atoms with E-state index in [1.165, 1.54) is 7.11 Å². The Morgan fingerprint density at radius 2 is 2.00 bits per heavy atom. The number of rotatable bonds is 3. The summed E-state index contributed by atoms with van der Waals surface area (Å²) in [6.45, 7) is 1.61. The number of nitrogen functional groups attached to an aromatic ring is 1. The summed E-state index contributed by atoms with van der Waals surface area (Å²) in [6.07, 6.45) is 0. The van der Waals surface area contributed by atoms with E-state index in [1.807, 2.05) is 0 Å². The molecule has 0 aliphatic rings. The summed E-state index contributed by atoms with van der Waals surface area (Å²) < 4.78 is 10.5. The quantitative estimate of drug-likeness (QED) is 0.847. The average Bonchev–Trinajstić information content (AvgIpc) is 2.37. The van der Waals surface area contributed by atoms with Crippen molar-refractivity contribution in [3.8, 4) is 11.5 Å². The molecule has 1 heterocycles. The third kappa shape index (κ3) is 2.17. The summed E-state index contributed by atoms with van der Waals surface area (Å²) in [6, 6.07) is 3.46. The van der Waals surface area contributed by atoms with E-state index >= 15 is 0 Å². The van der Waals surface area contributed by atoms with Gasteiger partial charge in [0.1, 0.15) is 22.8 Å². The zero-order valence-electron chi connectivity index (χ0n) is 10.9. The molecule has 2 rings (SSSR count). The Hall–Kier alpha value is -2.01. The molecule has 0 spiro atoms. The van der Waals surface area contributed by atoms with Crippen LogP contribution in [0.3, 0.4) is 0 Å². The second-order valence-corrected chi connectivity index (χ2v) is 4.41. The van der Waals surface area contributed by atoms with Crippen molar-refractivity contribution in [3.63, 3.8) is 0 Å². The SMILES string of the molecule is COc1cc(OC)c2nc(N)c(C(C)=N)c(Cl)c2c1. The molecular weight excluding hydrogens is 266 g/mol. The summed E-state index contributed by atoms with van der Waals surface area (Å²) in [5.41, 5.74) is 7.11. The van der Waals surface area contributed by atoms with Crippen molar-refractivity contribution in [1.29, 1.82) is 5.41 Å². The highest BCUT2D eigenvalue weighted by molar-refractivity contribution is 6.39. The minimum atomic E-state index is 0.216. The largest absolute Gasteiger partial charge is 0.497 e. The molecule has 5 nitrogen and oxygen atoms in total. The summed E-state index contributed by atoms with van der Waals surface area (Å²) in [4.78, 5) is 4.28. The van der Waals surface area contributed by atoms with Crippen molar-refractivity contribution in [3.05, 3.63) is 22.7 Å². The van der Waals surface area contributed by atoms with Crippen LogP contribution in [-0.4, -0.2) is 24.9 Å². The van der Waals surface area contributed by atoms with Crippen molar-refractivity contribution < 1.29 is 9.47 Å². The normalized spacial score (nSPS) is 10.5. The van der Waals surface area contributed by atoms with Crippen LogP contribution < -0.4 is 15.2 Å². The lowest BCUT2D eigenvalue weighted by atomic mass is 10.1. The van der Waals surface area contributed by atoms with Crippen LogP contribution >= 0.6 is 11.6 Å². The Kier molecular flexibility index (Phi) is 3.48. The number of nitrogens with zero attached hydrogens (tertiary/aromatic N) is 1. The zero-order valence-corrected chi connectivity index (χ0v) is 11.6. The van der Waals surface area contributed by atoms with Gasteiger partial charge < -0.3 is 20.6 Å². The number of fused-ring (bicyclic) bond motifs is 1. The van der Waals surface area contributed by atoms with Crippen LogP contribution in [0.5, 0.6) is 11.5 Å². The van der Waals surface area contributed by atoms with Gasteiger partial charge in [-0.25, -0.2) is 4.98 Å². The number of hydrogen-bond donors (Lipinski definition) is 2. The number of methoxy groups -OCH3 is 2. The summed E-state index contributed by atoms with van der Waals surface area (Å²) in [5.74, 6) is 1.34. The summed E-state index contributed by atoms with van der Waals surface area (Å²) >= 11 is 6.33. The standard InChI is InChI=1S/C13H14ClN3O2/c1-6(15)10-11(14)8-4-7(18-2)5-9(19-3)12(8)17-13(10)16/h4-5,15H,1-3H3,(H2,16,17). The van der Waals surface area contributed by atoms with Crippen LogP contribution in [0, 0.1) is 5.41 Å². The van der Waals surface area contributed by atoms with Gasteiger partial charge in [-0.3, -0.25) is 0 Å². The fourth-order valence-corrected chi connectivity index (χ4v) is 2.30. The minimum absolute atomic E-state index is 0.216. The molecular formula is C13H14ClN3O2. The monoisotopic (exact) mass is 279 g/mol. The topological polar surface area (TPSA) is 81.2 Å². The van der Waals surface area contributed by atoms with E-state index in [1.54, 1.807) is 26.2 Å². The predicted octanol–water partition coefficient (Wildman–Crippen LogP) is 2.88. The second-order valence-electron chi connectivity index (χ2n) is 4.04. The molecule has 1 aromatic heterocycles. The lowest BCUT2D eigenvalue weighted by Gasteiger charge is -2.13. The highest BCUT2D eigenvalue weighted by Gasteiger charge is 2.17. The van der Waals surface area contributed by atoms with Gasteiger partial charge in [0.25, 0.3) is 0 Å². The zero-order chi connectivity index (χ0) is 14.2. The van der Waals surface area contributed by atoms with Crippen LogP contribution in [0.4, 0.5) is 5.82 Å². The van der Waals surface area contributed by atoms with E-state index in [0.29, 0.717) is 33.0 Å². The van der Waals surface area contributed by atoms with Crippen molar-refractivity contribution in [2.45, 2.75) is 6.92 Å². The Labute approximate surface area is 115 Å². The second kappa shape index (κ2) is 4.93. The molecule has 19 heavy (non-hydrogen) atoms. The van der Waals surface area contributed by atoms with Crippen LogP contribution in [0.2, 0.25) is 5.02 Å². The molecule has 0 radical (unpaired) electrons. The van der Waals surface area contributed by atoms with E-state index in [-0.39, 0.29) is 11.5 Å². The van der Waals surface area contributed by atoms with Gasteiger partial charge in [-0.2, -0.15) is 0 Å². The summed E-state index contributed by atoms with van der Waals surface area (Å²) in [5, 5.41) is 8.75. The number of nitrogens with two attached hydrogens (primary N) is 1. The third-order valence-corrected chi connectivity index (χ3v) is 3.22. The highest BCUT2D eigenvalue weighted by atomic mass is 35.5. The molecule has 0 saturated heterocycles. The number of anilines is 1. The van der Waals surface area contributed by atoms with E-state index in [0.717, 1.165) is 0 Å². The van der Waals surface area contributed by atoms with E-state index < -0.39 is 0 Å². The van der Waals surface area contributed by atoms with Crippen LogP contribution in [0.25, 0.3) is 10.9 Å². The molecule has 0 unspecified atom stereocenters. The number of pyridine rings is 1. The highest BCUT2D eigenvalue weighted by Crippen LogP contribution is 2.37. The Morgan fingerprint density at radius 1 is 1.32 bits per heavy atom. The Bertz CT molecular complexity index is 671. The fraction of sp³-hybridized carbons (Fsp3) is 0.231. The van der Waals surface area contributed by atoms with Crippen LogP contribution in [0.1, 0.15) is 12.5 Å². The van der Waals surface area contributed by atoms with Gasteiger partial charge in [0, 0.05) is 17.2 Å². The molecule has 1 aromatic carbocycles. The molecule has 3 N–H and O–H groups in total. The number of benzene rings is 1. The van der Waals surface area contributed by atoms with Crippen molar-refractivity contribution in [2.75, 3.05) is 20.0 Å². The van der Waals surface area contributed by atoms with Crippen molar-refractivity contribution in [2.24, 2.45) is 0 Å². The first-order valence-electron chi connectivity index (χ1n) is 5.55. The van der Waals surface area contributed by atoms with Gasteiger partial charge >= 0.3 is 0 Å². The molecule has 0 saturated carbocycles. The minimum Gasteiger partial charge on any atom is -0.497 e. The van der Waals surface area contributed by atoms with Gasteiger partial charge in [-0.05, 0) is 13.0 Å². The number of aromatic nitrogens is 1. The van der Waals surface area contributed by atoms with E-state index in [9.17, 15) is 0 Å². The van der Waals surface area contributed by atoms with E-state index in [4.69, 9.17) is 32.2 Å². The van der Waals surface area contributed by atoms with Gasteiger partial charge in [0.05, 0.1) is 24.8 Å². The maximum atomic E-state index is 7.72. The van der Waals surface area contributed by atoms with Gasteiger partial charge in [0.2, 0.25) is 0 Å². The Morgan fingerprint density at radius 3 is 2.53 bits per heavy atom. The molecule has 0 bridgehead atoms. The number of ether oxygens (including phenoxy) is 2. The molecule has 0 atom stereocenters. The molecule has 100 valence electrons. The van der Waals surface area contributed by atoms with Gasteiger partial charge in [-0.15, -0.1) is 0 Å². The van der Waals surface area contributed by atoms with Gasteiger partial charge in [0.15, 0.2) is 0 Å². The average molecular weight is 280 g/mol. The van der Waals surface area contributed by atoms with Gasteiger partial charge in [-0.1, -0.05) is 11.6 Å². The first-order chi connectivity index (χ1) is 8.99. The maximum Gasteiger partial charge on any atom is 0.148 e. The third-order valence-electron chi connectivity index (χ3n) is 2.82. The lowest BCUT2D eigenvalue weighted by Crippen LogP contribution is -2.05. The fourth-order valence-electron chi connectivity index (χ4n) is 1.92. The number of halogens is 1. The van der Waals surface area contributed by atoms with Crippen molar-refractivity contribution >= 4 is 34.0 Å². The lowest BCUT2D eigenvalue weighted by molar-refractivity contribution is 0.397. The van der Waals surface area contributed by atoms with Crippen molar-refractivity contribution in [1.82, 2.24) is 4.98 Å². The number of hydrogen-bond acceptors (Lipinski definition) is 5. The first-order valence-corrected chi connectivity index (χ1v) is 5.93. The Balaban J connectivity index is 2.92. The summed E-state index contributed by atoms with van der Waals surface area (Å²) in [7, 11) is 3.10. The predicted molar refractivity (Wildman–Crippen MR) is 76.8 cm³/mol. The molecule has 6 heteroatoms. The van der Waals surface area contributed by atoms with Crippen LogP contribution in [-0.2, 0) is 0 Å². The number of nitrogens with one attached hydrogen (secondary N) is 1. The molecule has 2 aromatic rings. The molecule has 0 fully saturated rings. The maximum absolute atomic E-state index is 7.72. The van der Waals surface area contributed by atoms with E-state index in [2.05, 4.69) is 4.98 Å². The smallest absolute Gasteiger partial charge is 0.148 e.